The average molecular weight is 287 g/mol. The van der Waals surface area contributed by atoms with Crippen LogP contribution in [0.1, 0.15) is 41.7 Å². The van der Waals surface area contributed by atoms with Gasteiger partial charge in [-0.15, -0.1) is 0 Å². The predicted octanol–water partition coefficient (Wildman–Crippen LogP) is 1.91. The Labute approximate surface area is 125 Å². The molecule has 0 aliphatic heterocycles. The molecular weight excluding hydrogens is 266 g/mol. The molecule has 0 aliphatic carbocycles. The van der Waals surface area contributed by atoms with Crippen molar-refractivity contribution in [2.75, 3.05) is 20.6 Å². The smallest absolute Gasteiger partial charge is 0.294 e. The zero-order valence-electron chi connectivity index (χ0n) is 12.7. The molecule has 0 saturated carbocycles. The molecule has 21 heavy (non-hydrogen) atoms. The van der Waals surface area contributed by atoms with Gasteiger partial charge in [-0.1, -0.05) is 31.2 Å². The van der Waals surface area contributed by atoms with E-state index in [1.54, 1.807) is 38.4 Å². The molecule has 1 aromatic carbocycles. The summed E-state index contributed by atoms with van der Waals surface area (Å²) in [4.78, 5) is 24.8. The second-order valence-corrected chi connectivity index (χ2v) is 5.02. The summed E-state index contributed by atoms with van der Waals surface area (Å²) >= 11 is 0. The Morgan fingerprint density at radius 2 is 1.90 bits per heavy atom. The first-order valence-corrected chi connectivity index (χ1v) is 6.97. The Morgan fingerprint density at radius 1 is 1.29 bits per heavy atom. The summed E-state index contributed by atoms with van der Waals surface area (Å²) in [5, 5.41) is 12.2. The van der Waals surface area contributed by atoms with Gasteiger partial charge in [-0.3, -0.25) is 9.59 Å². The highest BCUT2D eigenvalue weighted by Gasteiger charge is 2.18. The second-order valence-electron chi connectivity index (χ2n) is 5.02. The van der Waals surface area contributed by atoms with Gasteiger partial charge in [-0.2, -0.15) is 5.26 Å². The van der Waals surface area contributed by atoms with Crippen molar-refractivity contribution in [3.05, 3.63) is 35.4 Å². The Hall–Kier alpha value is -2.19. The number of Topliss-reactive ketones (excluding diaryl/α,β-unsaturated/α-hetero) is 1. The quantitative estimate of drug-likeness (QED) is 0.614. The normalized spacial score (nSPS) is 11.5. The van der Waals surface area contributed by atoms with E-state index in [9.17, 15) is 9.59 Å². The van der Waals surface area contributed by atoms with Gasteiger partial charge in [-0.25, -0.2) is 0 Å². The number of rotatable bonds is 7. The van der Waals surface area contributed by atoms with E-state index in [4.69, 9.17) is 5.26 Å². The van der Waals surface area contributed by atoms with Gasteiger partial charge in [0, 0.05) is 25.7 Å². The molecule has 0 bridgehead atoms. The van der Waals surface area contributed by atoms with Gasteiger partial charge in [-0.05, 0) is 18.5 Å². The third kappa shape index (κ3) is 4.69. The number of nitrogens with zero attached hydrogens (tertiary/aromatic N) is 2. The van der Waals surface area contributed by atoms with E-state index in [1.807, 2.05) is 0 Å². The lowest BCUT2D eigenvalue weighted by atomic mass is 10.0. The molecule has 0 radical (unpaired) electrons. The molecular formula is C16H21N3O2. The highest BCUT2D eigenvalue weighted by atomic mass is 16.2. The predicted molar refractivity (Wildman–Crippen MR) is 80.7 cm³/mol. The van der Waals surface area contributed by atoms with E-state index in [2.05, 4.69) is 18.3 Å². The third-order valence-electron chi connectivity index (χ3n) is 3.11. The van der Waals surface area contributed by atoms with E-state index < -0.39 is 11.7 Å². The zero-order valence-corrected chi connectivity index (χ0v) is 12.7. The van der Waals surface area contributed by atoms with Crippen LogP contribution >= 0.6 is 0 Å². The van der Waals surface area contributed by atoms with E-state index >= 15 is 0 Å². The van der Waals surface area contributed by atoms with Crippen LogP contribution in [0.5, 0.6) is 0 Å². The number of hydrogen-bond acceptors (Lipinski definition) is 4. The van der Waals surface area contributed by atoms with Crippen molar-refractivity contribution in [3.8, 4) is 6.07 Å². The number of benzene rings is 1. The SMILES string of the molecule is CCCN[C@@H](CC#N)c1ccc(C(=O)C(=O)N(C)C)cc1. The fourth-order valence-corrected chi connectivity index (χ4v) is 1.91. The summed E-state index contributed by atoms with van der Waals surface area (Å²) < 4.78 is 0. The van der Waals surface area contributed by atoms with E-state index in [0.717, 1.165) is 18.5 Å². The van der Waals surface area contributed by atoms with Crippen molar-refractivity contribution in [2.24, 2.45) is 0 Å². The number of likely N-dealkylation sites (N-methyl/N-ethyl adjacent to an activating group) is 1. The number of ketones is 1. The van der Waals surface area contributed by atoms with Crippen LogP contribution in [-0.4, -0.2) is 37.2 Å². The molecule has 0 fully saturated rings. The molecule has 0 spiro atoms. The summed E-state index contributed by atoms with van der Waals surface area (Å²) in [7, 11) is 3.10. The first kappa shape index (κ1) is 16.9. The molecule has 1 aromatic rings. The van der Waals surface area contributed by atoms with Gasteiger partial charge in [0.05, 0.1) is 12.5 Å². The zero-order chi connectivity index (χ0) is 15.8. The summed E-state index contributed by atoms with van der Waals surface area (Å²) in [6.07, 6.45) is 1.35. The number of amides is 1. The van der Waals surface area contributed by atoms with Gasteiger partial charge in [0.1, 0.15) is 0 Å². The second kappa shape index (κ2) is 8.18. The highest BCUT2D eigenvalue weighted by molar-refractivity contribution is 6.42. The first-order valence-electron chi connectivity index (χ1n) is 6.97. The van der Waals surface area contributed by atoms with Crippen LogP contribution < -0.4 is 5.32 Å². The summed E-state index contributed by atoms with van der Waals surface area (Å²) in [6, 6.07) is 8.96. The Balaban J connectivity index is 2.87. The lowest BCUT2D eigenvalue weighted by Crippen LogP contribution is -2.29. The molecule has 0 heterocycles. The molecule has 0 aliphatic rings. The number of nitrogens with one attached hydrogen (secondary N) is 1. The molecule has 1 rings (SSSR count). The molecule has 5 heteroatoms. The van der Waals surface area contributed by atoms with Crippen molar-refractivity contribution in [2.45, 2.75) is 25.8 Å². The molecule has 112 valence electrons. The van der Waals surface area contributed by atoms with Gasteiger partial charge in [0.25, 0.3) is 5.91 Å². The molecule has 5 nitrogen and oxygen atoms in total. The maximum atomic E-state index is 11.9. The number of nitriles is 1. The minimum absolute atomic E-state index is 0.0522. The summed E-state index contributed by atoms with van der Waals surface area (Å²) in [5.41, 5.74) is 1.31. The molecule has 0 aromatic heterocycles. The average Bonchev–Trinajstić information content (AvgIpc) is 2.50. The maximum absolute atomic E-state index is 11.9. The fraction of sp³-hybridized carbons (Fsp3) is 0.438. The van der Waals surface area contributed by atoms with Gasteiger partial charge >= 0.3 is 0 Å². The van der Waals surface area contributed by atoms with Crippen molar-refractivity contribution in [1.82, 2.24) is 10.2 Å². The summed E-state index contributed by atoms with van der Waals surface area (Å²) in [6.45, 7) is 2.89. The van der Waals surface area contributed by atoms with Crippen LogP contribution in [0, 0.1) is 11.3 Å². The molecule has 1 N–H and O–H groups in total. The van der Waals surface area contributed by atoms with Crippen molar-refractivity contribution >= 4 is 11.7 Å². The van der Waals surface area contributed by atoms with Crippen LogP contribution in [0.3, 0.4) is 0 Å². The highest BCUT2D eigenvalue weighted by Crippen LogP contribution is 2.17. The van der Waals surface area contributed by atoms with E-state index in [-0.39, 0.29) is 6.04 Å². The van der Waals surface area contributed by atoms with Crippen molar-refractivity contribution in [3.63, 3.8) is 0 Å². The van der Waals surface area contributed by atoms with Crippen LogP contribution in [0.4, 0.5) is 0 Å². The Bertz CT molecular complexity index is 529. The Kier molecular flexibility index (Phi) is 6.57. The Morgan fingerprint density at radius 3 is 2.38 bits per heavy atom. The minimum atomic E-state index is -0.541. The van der Waals surface area contributed by atoms with Crippen molar-refractivity contribution < 1.29 is 9.59 Å². The maximum Gasteiger partial charge on any atom is 0.294 e. The van der Waals surface area contributed by atoms with E-state index in [0.29, 0.717) is 12.0 Å². The molecule has 1 amide bonds. The van der Waals surface area contributed by atoms with Crippen molar-refractivity contribution in [1.29, 1.82) is 5.26 Å². The fourth-order valence-electron chi connectivity index (χ4n) is 1.91. The third-order valence-corrected chi connectivity index (χ3v) is 3.11. The van der Waals surface area contributed by atoms with Crippen LogP contribution in [0.25, 0.3) is 0 Å². The van der Waals surface area contributed by atoms with Gasteiger partial charge in [0.15, 0.2) is 0 Å². The lowest BCUT2D eigenvalue weighted by Gasteiger charge is -2.16. The topological polar surface area (TPSA) is 73.2 Å². The van der Waals surface area contributed by atoms with Gasteiger partial charge in [0.2, 0.25) is 5.78 Å². The lowest BCUT2D eigenvalue weighted by molar-refractivity contribution is -0.124. The first-order chi connectivity index (χ1) is 10.0. The summed E-state index contributed by atoms with van der Waals surface area (Å²) in [5.74, 6) is -1.06. The number of hydrogen-bond donors (Lipinski definition) is 1. The molecule has 0 saturated heterocycles. The van der Waals surface area contributed by atoms with Gasteiger partial charge < -0.3 is 10.2 Å². The minimum Gasteiger partial charge on any atom is -0.342 e. The number of carbonyl (C=O) groups excluding carboxylic acids is 2. The molecule has 1 atom stereocenters. The largest absolute Gasteiger partial charge is 0.342 e. The van der Waals surface area contributed by atoms with E-state index in [1.165, 1.54) is 4.90 Å². The monoisotopic (exact) mass is 287 g/mol. The standard InChI is InChI=1S/C16H21N3O2/c1-4-11-18-14(9-10-17)12-5-7-13(8-6-12)15(20)16(21)19(2)3/h5-8,14,18H,4,9,11H2,1-3H3/t14-/m0/s1. The van der Waals surface area contributed by atoms with Crippen LogP contribution in [-0.2, 0) is 4.79 Å². The number of carbonyl (C=O) groups is 2. The van der Waals surface area contributed by atoms with Crippen LogP contribution in [0.15, 0.2) is 24.3 Å². The van der Waals surface area contributed by atoms with Crippen LogP contribution in [0.2, 0.25) is 0 Å². The molecule has 0 unspecified atom stereocenters.